The van der Waals surface area contributed by atoms with E-state index in [-0.39, 0.29) is 17.9 Å². The molecule has 2 bridgehead atoms. The van der Waals surface area contributed by atoms with Gasteiger partial charge in [-0.15, -0.1) is 0 Å². The summed E-state index contributed by atoms with van der Waals surface area (Å²) in [6.07, 6.45) is 9.55. The second-order valence-electron chi connectivity index (χ2n) is 11.5. The number of hydrogen-bond donors (Lipinski definition) is 3. The average molecular weight is 503 g/mol. The Bertz CT molecular complexity index is 1360. The Morgan fingerprint density at radius 3 is 2.86 bits per heavy atom. The topological polar surface area (TPSA) is 123 Å². The van der Waals surface area contributed by atoms with E-state index in [2.05, 4.69) is 25.7 Å². The lowest BCUT2D eigenvalue weighted by atomic mass is 9.52. The molecule has 7 rings (SSSR count). The lowest BCUT2D eigenvalue weighted by molar-refractivity contribution is -0.0185. The molecule has 2 aliphatic carbocycles. The zero-order valence-corrected chi connectivity index (χ0v) is 21.2. The number of nitrogens with one attached hydrogen (secondary N) is 2. The molecule has 1 aromatic carbocycles. The molecule has 4 N–H and O–H groups in total. The zero-order chi connectivity index (χ0) is 25.1. The molecule has 10 nitrogen and oxygen atoms in total. The van der Waals surface area contributed by atoms with Crippen LogP contribution in [-0.4, -0.2) is 69.4 Å². The Labute approximate surface area is 216 Å². The van der Waals surface area contributed by atoms with Gasteiger partial charge in [-0.05, 0) is 55.6 Å². The molecule has 10 heteroatoms. The standard InChI is InChI=1S/C27H34N8O2/c1-37-22-7-17(25(36)34-15-19-8-20(34)12-29-19)3-4-18(22)14-35-23-21(13-31-35)32-26(28)33-24(23)30-11-16-9-27(10-16)5-2-6-27/h3-4,7,13,16,19-20,29H,2,5-6,8-12,14-15H2,1H3,(H3,28,30,32,33)/t19-,20-/m0/s1. The van der Waals surface area contributed by atoms with Crippen molar-refractivity contribution in [2.24, 2.45) is 11.3 Å². The number of carbonyl (C=O) groups excluding carboxylic acids is 1. The summed E-state index contributed by atoms with van der Waals surface area (Å²) in [7, 11) is 1.64. The molecule has 4 aliphatic rings. The molecule has 0 unspecified atom stereocenters. The number of benzene rings is 1. The van der Waals surface area contributed by atoms with E-state index in [0.29, 0.717) is 40.7 Å². The predicted molar refractivity (Wildman–Crippen MR) is 141 cm³/mol. The largest absolute Gasteiger partial charge is 0.496 e. The molecule has 1 spiro atoms. The van der Waals surface area contributed by atoms with E-state index in [1.165, 1.54) is 32.1 Å². The number of methoxy groups -OCH3 is 1. The van der Waals surface area contributed by atoms with Gasteiger partial charge in [0.2, 0.25) is 5.95 Å². The van der Waals surface area contributed by atoms with Gasteiger partial charge in [0, 0.05) is 42.8 Å². The van der Waals surface area contributed by atoms with Gasteiger partial charge in [-0.2, -0.15) is 10.1 Å². The van der Waals surface area contributed by atoms with Gasteiger partial charge in [0.1, 0.15) is 16.8 Å². The molecule has 2 aliphatic heterocycles. The predicted octanol–water partition coefficient (Wildman–Crippen LogP) is 2.64. The minimum Gasteiger partial charge on any atom is -0.496 e. The number of anilines is 2. The van der Waals surface area contributed by atoms with Crippen LogP contribution in [0.4, 0.5) is 11.8 Å². The minimum absolute atomic E-state index is 0.0680. The molecule has 1 amide bonds. The number of amides is 1. The van der Waals surface area contributed by atoms with E-state index < -0.39 is 0 Å². The number of ether oxygens (including phenoxy) is 1. The highest BCUT2D eigenvalue weighted by Gasteiger charge is 2.47. The highest BCUT2D eigenvalue weighted by molar-refractivity contribution is 5.95. The molecule has 2 saturated carbocycles. The van der Waals surface area contributed by atoms with Crippen molar-refractivity contribution < 1.29 is 9.53 Å². The van der Waals surface area contributed by atoms with E-state index in [1.807, 2.05) is 27.8 Å². The lowest BCUT2D eigenvalue weighted by Gasteiger charge is -2.54. The van der Waals surface area contributed by atoms with Crippen LogP contribution in [0, 0.1) is 11.3 Å². The van der Waals surface area contributed by atoms with Crippen molar-refractivity contribution in [3.63, 3.8) is 0 Å². The molecule has 4 heterocycles. The maximum Gasteiger partial charge on any atom is 0.254 e. The fourth-order valence-electron chi connectivity index (χ4n) is 7.04. The van der Waals surface area contributed by atoms with Crippen LogP contribution in [-0.2, 0) is 6.54 Å². The van der Waals surface area contributed by atoms with Gasteiger partial charge in [-0.1, -0.05) is 12.5 Å². The van der Waals surface area contributed by atoms with Crippen molar-refractivity contribution in [2.45, 2.75) is 57.2 Å². The van der Waals surface area contributed by atoms with Gasteiger partial charge in [0.15, 0.2) is 5.82 Å². The summed E-state index contributed by atoms with van der Waals surface area (Å²) >= 11 is 0. The number of piperazine rings is 1. The van der Waals surface area contributed by atoms with Crippen LogP contribution in [0.25, 0.3) is 11.0 Å². The summed E-state index contributed by atoms with van der Waals surface area (Å²) < 4.78 is 7.60. The van der Waals surface area contributed by atoms with E-state index in [0.717, 1.165) is 43.0 Å². The number of nitrogens with two attached hydrogens (primary N) is 1. The molecule has 2 aromatic heterocycles. The molecular formula is C27H34N8O2. The second kappa shape index (κ2) is 8.58. The van der Waals surface area contributed by atoms with E-state index in [1.54, 1.807) is 13.3 Å². The van der Waals surface area contributed by atoms with Crippen LogP contribution in [0.3, 0.4) is 0 Å². The fraction of sp³-hybridized carbons (Fsp3) is 0.556. The van der Waals surface area contributed by atoms with E-state index >= 15 is 0 Å². The van der Waals surface area contributed by atoms with Crippen LogP contribution in [0.5, 0.6) is 5.75 Å². The van der Waals surface area contributed by atoms with Crippen molar-refractivity contribution in [3.8, 4) is 5.75 Å². The Kier molecular flexibility index (Phi) is 5.28. The van der Waals surface area contributed by atoms with Crippen LogP contribution in [0.1, 0.15) is 54.4 Å². The summed E-state index contributed by atoms with van der Waals surface area (Å²) in [4.78, 5) is 24.1. The molecule has 2 atom stereocenters. The summed E-state index contributed by atoms with van der Waals surface area (Å²) in [5, 5.41) is 11.6. The Morgan fingerprint density at radius 1 is 1.30 bits per heavy atom. The summed E-state index contributed by atoms with van der Waals surface area (Å²) in [5.41, 5.74) is 9.79. The SMILES string of the molecule is COc1cc(C(=O)N2C[C@@H]3C[C@H]2CN3)ccc1Cn1ncc2nc(N)nc(NCC3CC4(CCC4)C3)c21. The maximum absolute atomic E-state index is 13.2. The Balaban J connectivity index is 1.11. The number of nitrogens with zero attached hydrogens (tertiary/aromatic N) is 5. The quantitative estimate of drug-likeness (QED) is 0.451. The highest BCUT2D eigenvalue weighted by Crippen LogP contribution is 2.58. The van der Waals surface area contributed by atoms with Gasteiger partial charge in [-0.25, -0.2) is 4.98 Å². The molecule has 0 radical (unpaired) electrons. The molecule has 3 aromatic rings. The first-order valence-electron chi connectivity index (χ1n) is 13.4. The third-order valence-electron chi connectivity index (χ3n) is 9.09. The van der Waals surface area contributed by atoms with Crippen molar-refractivity contribution in [1.82, 2.24) is 30.0 Å². The summed E-state index contributed by atoms with van der Waals surface area (Å²) in [6.45, 7) is 3.00. The first-order valence-corrected chi connectivity index (χ1v) is 13.4. The van der Waals surface area contributed by atoms with Crippen molar-refractivity contribution in [1.29, 1.82) is 0 Å². The number of rotatable bonds is 7. The highest BCUT2D eigenvalue weighted by atomic mass is 16.5. The number of fused-ring (bicyclic) bond motifs is 3. The number of nitrogen functional groups attached to an aromatic ring is 1. The van der Waals surface area contributed by atoms with Gasteiger partial charge >= 0.3 is 0 Å². The Hall–Kier alpha value is -3.40. The summed E-state index contributed by atoms with van der Waals surface area (Å²) in [5.74, 6) is 2.37. The first kappa shape index (κ1) is 22.8. The average Bonchev–Trinajstić information content (AvgIpc) is 3.58. The molecule has 194 valence electrons. The second-order valence-corrected chi connectivity index (χ2v) is 11.5. The number of aromatic nitrogens is 4. The number of likely N-dealkylation sites (tertiary alicyclic amines) is 1. The molecule has 37 heavy (non-hydrogen) atoms. The van der Waals surface area contributed by atoms with Gasteiger partial charge in [-0.3, -0.25) is 9.48 Å². The van der Waals surface area contributed by atoms with Crippen LogP contribution in [0.15, 0.2) is 24.4 Å². The van der Waals surface area contributed by atoms with Gasteiger partial charge < -0.3 is 26.0 Å². The van der Waals surface area contributed by atoms with Crippen molar-refractivity contribution in [2.75, 3.05) is 37.8 Å². The molecule has 4 fully saturated rings. The summed E-state index contributed by atoms with van der Waals surface area (Å²) in [6, 6.07) is 6.42. The minimum atomic E-state index is 0.0680. The smallest absolute Gasteiger partial charge is 0.254 e. The number of carbonyl (C=O) groups is 1. The van der Waals surface area contributed by atoms with E-state index in [4.69, 9.17) is 10.5 Å². The lowest BCUT2D eigenvalue weighted by Crippen LogP contribution is -2.46. The Morgan fingerprint density at radius 2 is 2.16 bits per heavy atom. The van der Waals surface area contributed by atoms with Crippen LogP contribution >= 0.6 is 0 Å². The maximum atomic E-state index is 13.2. The van der Waals surface area contributed by atoms with Crippen molar-refractivity contribution >= 4 is 28.7 Å². The van der Waals surface area contributed by atoms with E-state index in [9.17, 15) is 4.79 Å². The van der Waals surface area contributed by atoms with Crippen molar-refractivity contribution in [3.05, 3.63) is 35.5 Å². The van der Waals surface area contributed by atoms with Gasteiger partial charge in [0.05, 0.1) is 19.9 Å². The zero-order valence-electron chi connectivity index (χ0n) is 21.2. The third-order valence-corrected chi connectivity index (χ3v) is 9.09. The number of hydrogen-bond acceptors (Lipinski definition) is 8. The molecule has 2 saturated heterocycles. The molecular weight excluding hydrogens is 468 g/mol. The van der Waals surface area contributed by atoms with Crippen LogP contribution < -0.4 is 21.1 Å². The van der Waals surface area contributed by atoms with Crippen LogP contribution in [0.2, 0.25) is 0 Å². The monoisotopic (exact) mass is 502 g/mol. The first-order chi connectivity index (χ1) is 18.0. The third kappa shape index (κ3) is 3.89. The fourth-order valence-corrected chi connectivity index (χ4v) is 7.04. The van der Waals surface area contributed by atoms with Gasteiger partial charge in [0.25, 0.3) is 5.91 Å². The normalized spacial score (nSPS) is 23.9.